The van der Waals surface area contributed by atoms with Gasteiger partial charge in [-0.15, -0.1) is 0 Å². The van der Waals surface area contributed by atoms with Crippen molar-refractivity contribution in [3.63, 3.8) is 0 Å². The van der Waals surface area contributed by atoms with Crippen molar-refractivity contribution >= 4 is 39.1 Å². The molecule has 1 heterocycles. The summed E-state index contributed by atoms with van der Waals surface area (Å²) in [5, 5.41) is 2.92. The van der Waals surface area contributed by atoms with E-state index in [9.17, 15) is 9.59 Å². The van der Waals surface area contributed by atoms with Crippen LogP contribution in [-0.2, 0) is 0 Å². The van der Waals surface area contributed by atoms with Crippen LogP contribution in [0.3, 0.4) is 0 Å². The van der Waals surface area contributed by atoms with E-state index in [-0.39, 0.29) is 11.8 Å². The number of rotatable bonds is 5. The third kappa shape index (κ3) is 5.37. The highest BCUT2D eigenvalue weighted by molar-refractivity contribution is 9.10. The molecule has 0 radical (unpaired) electrons. The quantitative estimate of drug-likeness (QED) is 0.528. The van der Waals surface area contributed by atoms with Gasteiger partial charge in [0.05, 0.1) is 12.7 Å². The minimum atomic E-state index is -0.232. The first kappa shape index (κ1) is 22.9. The molecule has 0 saturated carbocycles. The van der Waals surface area contributed by atoms with Crippen molar-refractivity contribution in [2.24, 2.45) is 0 Å². The van der Waals surface area contributed by atoms with E-state index in [4.69, 9.17) is 4.74 Å². The fraction of sp³-hybridized carbons (Fsp3) is 0.231. The van der Waals surface area contributed by atoms with Gasteiger partial charge >= 0.3 is 0 Å². The highest BCUT2D eigenvalue weighted by Gasteiger charge is 2.22. The zero-order valence-electron chi connectivity index (χ0n) is 18.7. The molecule has 0 bridgehead atoms. The standard InChI is InChI=1S/C26H26BrN3O3/c1-18-3-5-19(6-4-18)26(32)30-15-13-29(14-16-30)22-10-8-21(9-11-22)28-25(31)23-17-20(27)7-12-24(23)33-2/h3-12,17H,13-16H2,1-2H3,(H,28,31). The van der Waals surface area contributed by atoms with Gasteiger partial charge in [-0.05, 0) is 61.5 Å². The van der Waals surface area contributed by atoms with Crippen LogP contribution in [0.4, 0.5) is 11.4 Å². The van der Waals surface area contributed by atoms with Crippen LogP contribution in [0.2, 0.25) is 0 Å². The number of nitrogens with zero attached hydrogens (tertiary/aromatic N) is 2. The molecule has 0 aromatic heterocycles. The molecule has 7 heteroatoms. The lowest BCUT2D eigenvalue weighted by Gasteiger charge is -2.36. The Bertz CT molecular complexity index is 1140. The van der Waals surface area contributed by atoms with Gasteiger partial charge in [-0.1, -0.05) is 33.6 Å². The van der Waals surface area contributed by atoms with Crippen molar-refractivity contribution < 1.29 is 14.3 Å². The Hall–Kier alpha value is -3.32. The second kappa shape index (κ2) is 10.1. The van der Waals surface area contributed by atoms with Gasteiger partial charge in [0.25, 0.3) is 11.8 Å². The van der Waals surface area contributed by atoms with Gasteiger partial charge < -0.3 is 19.9 Å². The maximum absolute atomic E-state index is 12.7. The van der Waals surface area contributed by atoms with E-state index in [1.165, 1.54) is 0 Å². The van der Waals surface area contributed by atoms with Crippen LogP contribution in [0, 0.1) is 6.92 Å². The SMILES string of the molecule is COc1ccc(Br)cc1C(=O)Nc1ccc(N2CCN(C(=O)c3ccc(C)cc3)CC2)cc1. The van der Waals surface area contributed by atoms with Gasteiger partial charge in [-0.3, -0.25) is 9.59 Å². The molecular formula is C26H26BrN3O3. The summed E-state index contributed by atoms with van der Waals surface area (Å²) in [6.45, 7) is 4.89. The number of halogens is 1. The molecule has 4 rings (SSSR count). The number of anilines is 2. The van der Waals surface area contributed by atoms with Gasteiger partial charge in [0, 0.05) is 47.6 Å². The molecule has 0 spiro atoms. The number of amides is 2. The number of carbonyl (C=O) groups excluding carboxylic acids is 2. The number of benzene rings is 3. The number of ether oxygens (including phenoxy) is 1. The Kier molecular flexibility index (Phi) is 6.99. The van der Waals surface area contributed by atoms with Crippen LogP contribution in [0.5, 0.6) is 5.75 Å². The van der Waals surface area contributed by atoms with Crippen LogP contribution in [0.25, 0.3) is 0 Å². The van der Waals surface area contributed by atoms with Crippen molar-refractivity contribution in [1.29, 1.82) is 0 Å². The summed E-state index contributed by atoms with van der Waals surface area (Å²) in [5.41, 5.74) is 4.11. The number of carbonyl (C=O) groups is 2. The lowest BCUT2D eigenvalue weighted by Crippen LogP contribution is -2.48. The molecule has 1 fully saturated rings. The zero-order valence-corrected chi connectivity index (χ0v) is 20.3. The third-order valence-electron chi connectivity index (χ3n) is 5.76. The predicted molar refractivity (Wildman–Crippen MR) is 134 cm³/mol. The van der Waals surface area contributed by atoms with Crippen molar-refractivity contribution in [3.8, 4) is 5.75 Å². The van der Waals surface area contributed by atoms with Crippen molar-refractivity contribution in [3.05, 3.63) is 87.9 Å². The largest absolute Gasteiger partial charge is 0.496 e. The molecule has 33 heavy (non-hydrogen) atoms. The molecule has 0 atom stereocenters. The molecule has 6 nitrogen and oxygen atoms in total. The van der Waals surface area contributed by atoms with Crippen molar-refractivity contribution in [2.75, 3.05) is 43.5 Å². The Balaban J connectivity index is 1.35. The molecule has 3 aromatic carbocycles. The van der Waals surface area contributed by atoms with E-state index >= 15 is 0 Å². The van der Waals surface area contributed by atoms with Gasteiger partial charge in [0.2, 0.25) is 0 Å². The number of aryl methyl sites for hydroxylation is 1. The van der Waals surface area contributed by atoms with Gasteiger partial charge in [-0.2, -0.15) is 0 Å². The van der Waals surface area contributed by atoms with Crippen LogP contribution in [0.15, 0.2) is 71.2 Å². The minimum Gasteiger partial charge on any atom is -0.496 e. The lowest BCUT2D eigenvalue weighted by molar-refractivity contribution is 0.0746. The number of piperazine rings is 1. The van der Waals surface area contributed by atoms with E-state index in [1.54, 1.807) is 19.2 Å². The molecular weight excluding hydrogens is 482 g/mol. The monoisotopic (exact) mass is 507 g/mol. The maximum atomic E-state index is 12.7. The first-order valence-corrected chi connectivity index (χ1v) is 11.6. The second-order valence-corrected chi connectivity index (χ2v) is 8.91. The highest BCUT2D eigenvalue weighted by Crippen LogP contribution is 2.25. The number of hydrogen-bond acceptors (Lipinski definition) is 4. The molecule has 1 aliphatic rings. The van der Waals surface area contributed by atoms with Gasteiger partial charge in [0.1, 0.15) is 5.75 Å². The van der Waals surface area contributed by atoms with Crippen LogP contribution in [0.1, 0.15) is 26.3 Å². The van der Waals surface area contributed by atoms with E-state index in [0.717, 1.165) is 34.4 Å². The molecule has 1 saturated heterocycles. The summed E-state index contributed by atoms with van der Waals surface area (Å²) in [4.78, 5) is 29.6. The topological polar surface area (TPSA) is 61.9 Å². The lowest BCUT2D eigenvalue weighted by atomic mass is 10.1. The maximum Gasteiger partial charge on any atom is 0.259 e. The number of methoxy groups -OCH3 is 1. The highest BCUT2D eigenvalue weighted by atomic mass is 79.9. The Morgan fingerprint density at radius 3 is 2.21 bits per heavy atom. The smallest absolute Gasteiger partial charge is 0.259 e. The van der Waals surface area contributed by atoms with Crippen LogP contribution in [-0.4, -0.2) is 50.0 Å². The normalized spacial score (nSPS) is 13.5. The van der Waals surface area contributed by atoms with Gasteiger partial charge in [-0.25, -0.2) is 0 Å². The summed E-state index contributed by atoms with van der Waals surface area (Å²) in [6, 6.07) is 20.8. The third-order valence-corrected chi connectivity index (χ3v) is 6.26. The Morgan fingerprint density at radius 1 is 0.909 bits per heavy atom. The zero-order chi connectivity index (χ0) is 23.4. The van der Waals surface area contributed by atoms with Crippen LogP contribution < -0.4 is 15.0 Å². The molecule has 2 amide bonds. The van der Waals surface area contributed by atoms with E-state index in [0.29, 0.717) is 30.1 Å². The fourth-order valence-electron chi connectivity index (χ4n) is 3.86. The minimum absolute atomic E-state index is 0.0793. The van der Waals surface area contributed by atoms with E-state index in [1.807, 2.05) is 66.4 Å². The van der Waals surface area contributed by atoms with E-state index < -0.39 is 0 Å². The molecule has 0 unspecified atom stereocenters. The van der Waals surface area contributed by atoms with Gasteiger partial charge in [0.15, 0.2) is 0 Å². The Morgan fingerprint density at radius 2 is 1.58 bits per heavy atom. The summed E-state index contributed by atoms with van der Waals surface area (Å²) >= 11 is 3.40. The molecule has 1 aliphatic heterocycles. The Labute approximate surface area is 202 Å². The molecule has 0 aliphatic carbocycles. The number of nitrogens with one attached hydrogen (secondary N) is 1. The first-order valence-electron chi connectivity index (χ1n) is 10.8. The molecule has 170 valence electrons. The second-order valence-electron chi connectivity index (χ2n) is 7.99. The summed E-state index contributed by atoms with van der Waals surface area (Å²) in [7, 11) is 1.54. The average molecular weight is 508 g/mol. The first-order chi connectivity index (χ1) is 15.9. The fourth-order valence-corrected chi connectivity index (χ4v) is 4.22. The van der Waals surface area contributed by atoms with E-state index in [2.05, 4.69) is 26.1 Å². The van der Waals surface area contributed by atoms with Crippen molar-refractivity contribution in [1.82, 2.24) is 4.90 Å². The average Bonchev–Trinajstić information content (AvgIpc) is 2.84. The molecule has 3 aromatic rings. The number of hydrogen-bond donors (Lipinski definition) is 1. The summed E-state index contributed by atoms with van der Waals surface area (Å²) in [5.74, 6) is 0.366. The molecule has 1 N–H and O–H groups in total. The van der Waals surface area contributed by atoms with Crippen LogP contribution >= 0.6 is 15.9 Å². The predicted octanol–water partition coefficient (Wildman–Crippen LogP) is 4.98. The van der Waals surface area contributed by atoms with Crippen molar-refractivity contribution in [2.45, 2.75) is 6.92 Å². The summed E-state index contributed by atoms with van der Waals surface area (Å²) < 4.78 is 6.11. The summed E-state index contributed by atoms with van der Waals surface area (Å²) in [6.07, 6.45) is 0.